The number of alkyl halides is 3. The third-order valence-electron chi connectivity index (χ3n) is 9.42. The largest absolute Gasteiger partial charge is 0.495 e. The fourth-order valence-corrected chi connectivity index (χ4v) is 8.61. The number of amides is 3. The molecule has 7 rings (SSSR count). The Morgan fingerprint density at radius 2 is 1.88 bits per heavy atom. The van der Waals surface area contributed by atoms with E-state index >= 15 is 0 Å². The summed E-state index contributed by atoms with van der Waals surface area (Å²) < 4.78 is 34.5. The van der Waals surface area contributed by atoms with E-state index in [-0.39, 0.29) is 40.9 Å². The van der Waals surface area contributed by atoms with E-state index in [1.54, 1.807) is 23.1 Å². The average Bonchev–Trinajstić information content (AvgIpc) is 4.00. The van der Waals surface area contributed by atoms with Gasteiger partial charge in [-0.2, -0.15) is 14.0 Å². The molecule has 0 bridgehead atoms. The predicted octanol–water partition coefficient (Wildman–Crippen LogP) is 8.41. The van der Waals surface area contributed by atoms with E-state index in [1.165, 1.54) is 12.0 Å². The van der Waals surface area contributed by atoms with E-state index in [2.05, 4.69) is 11.1 Å². The number of methoxy groups -OCH3 is 1. The van der Waals surface area contributed by atoms with Gasteiger partial charge >= 0.3 is 11.4 Å². The first-order valence-corrected chi connectivity index (χ1v) is 17.8. The molecule has 2 saturated carbocycles. The highest BCUT2D eigenvalue weighted by molar-refractivity contribution is 7.99. The summed E-state index contributed by atoms with van der Waals surface area (Å²) in [6.45, 7) is 1.16. The molecule has 49 heavy (non-hydrogen) atoms. The van der Waals surface area contributed by atoms with E-state index < -0.39 is 34.1 Å². The average molecular weight is 749 g/mol. The molecular formula is C34H30Cl3F2N5O4S. The number of halogens is 5. The van der Waals surface area contributed by atoms with Crippen molar-refractivity contribution in [1.82, 2.24) is 14.8 Å². The summed E-state index contributed by atoms with van der Waals surface area (Å²) in [6, 6.07) is 9.38. The highest BCUT2D eigenvalue weighted by atomic mass is 35.5. The normalized spacial score (nSPS) is 19.2. The molecule has 1 N–H and O–H groups in total. The summed E-state index contributed by atoms with van der Waals surface area (Å²) in [5.41, 5.74) is 0.269. The van der Waals surface area contributed by atoms with Crippen LogP contribution < -0.4 is 15.2 Å². The van der Waals surface area contributed by atoms with Gasteiger partial charge in [-0.25, -0.2) is 4.79 Å². The lowest BCUT2D eigenvalue weighted by atomic mass is 10.0. The molecule has 9 nitrogen and oxygen atoms in total. The summed E-state index contributed by atoms with van der Waals surface area (Å²) >= 11 is 19.5. The Hall–Kier alpha value is -3.50. The van der Waals surface area contributed by atoms with Crippen LogP contribution in [0.2, 0.25) is 10.0 Å². The van der Waals surface area contributed by atoms with E-state index in [9.17, 15) is 28.4 Å². The number of nitrogens with zero attached hydrogens (tertiary/aromatic N) is 4. The van der Waals surface area contributed by atoms with Gasteiger partial charge in [0.2, 0.25) is 0 Å². The highest BCUT2D eigenvalue weighted by Gasteiger charge is 2.42. The number of pyridine rings is 1. The van der Waals surface area contributed by atoms with Crippen molar-refractivity contribution in [2.45, 2.75) is 78.2 Å². The van der Waals surface area contributed by atoms with Crippen LogP contribution in [-0.2, 0) is 11.9 Å². The Labute approximate surface area is 300 Å². The van der Waals surface area contributed by atoms with Gasteiger partial charge in [0, 0.05) is 35.5 Å². The monoisotopic (exact) mass is 747 g/mol. The summed E-state index contributed by atoms with van der Waals surface area (Å²) in [6.07, 6.45) is 4.48. The minimum atomic E-state index is -3.94. The van der Waals surface area contributed by atoms with Gasteiger partial charge in [-0.15, -0.1) is 0 Å². The summed E-state index contributed by atoms with van der Waals surface area (Å²) in [5.74, 6) is -0.143. The van der Waals surface area contributed by atoms with Crippen LogP contribution >= 0.6 is 46.6 Å². The smallest absolute Gasteiger partial charge is 0.362 e. The molecule has 2 aliphatic carbocycles. The number of rotatable bonds is 9. The van der Waals surface area contributed by atoms with Crippen molar-refractivity contribution in [3.8, 4) is 11.8 Å². The molecule has 3 aromatic rings. The number of carbonyl (C=O) groups excluding carboxylic acids is 2. The van der Waals surface area contributed by atoms with Gasteiger partial charge in [-0.1, -0.05) is 41.0 Å². The molecule has 256 valence electrons. The molecule has 2 aliphatic heterocycles. The van der Waals surface area contributed by atoms with Crippen LogP contribution in [-0.4, -0.2) is 53.0 Å². The first-order valence-electron chi connectivity index (χ1n) is 15.9. The first kappa shape index (κ1) is 34.0. The number of ether oxygens (including phenoxy) is 1. The lowest BCUT2D eigenvalue weighted by molar-refractivity contribution is 0.0684. The number of aromatic nitrogens is 1. The Kier molecular flexibility index (Phi) is 9.01. The second-order valence-corrected chi connectivity index (χ2v) is 15.0. The van der Waals surface area contributed by atoms with Gasteiger partial charge in [-0.3, -0.25) is 14.5 Å². The molecule has 0 spiro atoms. The molecule has 4 aliphatic rings. The van der Waals surface area contributed by atoms with Gasteiger partial charge in [0.1, 0.15) is 17.0 Å². The van der Waals surface area contributed by atoms with Gasteiger partial charge in [0.15, 0.2) is 0 Å². The molecule has 3 heterocycles. The number of benzene rings is 2. The summed E-state index contributed by atoms with van der Waals surface area (Å²) in [7, 11) is 1.49. The van der Waals surface area contributed by atoms with E-state index in [0.29, 0.717) is 45.6 Å². The Morgan fingerprint density at radius 1 is 1.12 bits per heavy atom. The van der Waals surface area contributed by atoms with E-state index in [0.717, 1.165) is 55.5 Å². The number of fused-ring (bicyclic) bond motifs is 1. The van der Waals surface area contributed by atoms with Crippen LogP contribution in [0.1, 0.15) is 83.2 Å². The molecule has 1 atom stereocenters. The van der Waals surface area contributed by atoms with Crippen LogP contribution in [0, 0.1) is 11.3 Å². The molecule has 1 unspecified atom stereocenters. The number of hydrogen-bond acceptors (Lipinski definition) is 6. The summed E-state index contributed by atoms with van der Waals surface area (Å²) in [4.78, 5) is 48.7. The maximum Gasteiger partial charge on any atom is 0.362 e. The van der Waals surface area contributed by atoms with Crippen LogP contribution in [0.15, 0.2) is 44.9 Å². The number of nitriles is 1. The van der Waals surface area contributed by atoms with E-state index in [1.807, 2.05) is 11.0 Å². The standard InChI is InChI=1S/C34H30Cl3F2N5O4S/c1-48-25-14-21-18(13-24(25)43-12-2-11-42(33(43)47)19-5-6-19)16-44(23(21)9-10-40)32(46)28-26(15-27(34(37,38)39)41-31(28)45)49-30-22(35)8-7-20(29(30)36)17-3-4-17/h7-8,13-15,17,19,23H,2-6,9,11-12,16H2,1H3,(H,41,45). The number of anilines is 1. The maximum atomic E-state index is 14.5. The zero-order chi connectivity index (χ0) is 34.8. The summed E-state index contributed by atoms with van der Waals surface area (Å²) in [5, 5.41) is 6.42. The molecule has 1 aromatic heterocycles. The van der Waals surface area contributed by atoms with Crippen molar-refractivity contribution < 1.29 is 23.1 Å². The number of hydrogen-bond donors (Lipinski definition) is 1. The van der Waals surface area contributed by atoms with Crippen LogP contribution in [0.5, 0.6) is 5.75 Å². The number of carbonyl (C=O) groups is 2. The minimum absolute atomic E-state index is 0.0124. The number of urea groups is 1. The Balaban J connectivity index is 1.28. The maximum absolute atomic E-state index is 14.5. The number of nitrogens with one attached hydrogen (secondary N) is 1. The first-order chi connectivity index (χ1) is 23.4. The van der Waals surface area contributed by atoms with Gasteiger partial charge in [0.25, 0.3) is 11.5 Å². The molecular weight excluding hydrogens is 719 g/mol. The third-order valence-corrected chi connectivity index (χ3v) is 11.7. The van der Waals surface area contributed by atoms with Crippen LogP contribution in [0.25, 0.3) is 0 Å². The van der Waals surface area contributed by atoms with Crippen LogP contribution in [0.4, 0.5) is 19.3 Å². The number of H-pyrrole nitrogens is 1. The Morgan fingerprint density at radius 3 is 2.53 bits per heavy atom. The highest BCUT2D eigenvalue weighted by Crippen LogP contribution is 2.50. The lowest BCUT2D eigenvalue weighted by Gasteiger charge is -2.36. The second-order valence-electron chi connectivity index (χ2n) is 12.7. The minimum Gasteiger partial charge on any atom is -0.495 e. The van der Waals surface area contributed by atoms with Gasteiger partial charge < -0.3 is 19.5 Å². The van der Waals surface area contributed by atoms with Crippen molar-refractivity contribution in [3.63, 3.8) is 0 Å². The van der Waals surface area contributed by atoms with Crippen LogP contribution in [0.3, 0.4) is 0 Å². The molecule has 15 heteroatoms. The van der Waals surface area contributed by atoms with Crippen molar-refractivity contribution in [2.24, 2.45) is 0 Å². The fraction of sp³-hybridized carbons (Fsp3) is 0.412. The topological polar surface area (TPSA) is 110 Å². The molecule has 2 aromatic carbocycles. The zero-order valence-corrected chi connectivity index (χ0v) is 29.3. The van der Waals surface area contributed by atoms with Gasteiger partial charge in [0.05, 0.1) is 41.4 Å². The van der Waals surface area contributed by atoms with Crippen molar-refractivity contribution >= 4 is 64.2 Å². The van der Waals surface area contributed by atoms with E-state index in [4.69, 9.17) is 39.5 Å². The predicted molar refractivity (Wildman–Crippen MR) is 182 cm³/mol. The SMILES string of the molecule is COc1cc2c(cc1N1CCCN(C3CC3)C1=O)CN(C(=O)c1c(Sc3c(Cl)ccc(C4CC4)c3Cl)cc(C(F)(F)Cl)[nH]c1=O)C2CC#N. The molecule has 0 radical (unpaired) electrons. The van der Waals surface area contributed by atoms with Gasteiger partial charge in [-0.05, 0) is 90.6 Å². The third kappa shape index (κ3) is 6.35. The molecule has 1 saturated heterocycles. The van der Waals surface area contributed by atoms with Crippen molar-refractivity contribution in [2.75, 3.05) is 25.1 Å². The fourth-order valence-electron chi connectivity index (χ4n) is 6.70. The molecule has 3 amide bonds. The second kappa shape index (κ2) is 13.0. The molecule has 3 fully saturated rings. The van der Waals surface area contributed by atoms with Crippen molar-refractivity contribution in [1.29, 1.82) is 5.26 Å². The zero-order valence-electron chi connectivity index (χ0n) is 26.2. The Bertz CT molecular complexity index is 1970. The lowest BCUT2D eigenvalue weighted by Crippen LogP contribution is -2.50. The number of aromatic amines is 1. The van der Waals surface area contributed by atoms with Crippen molar-refractivity contribution in [3.05, 3.63) is 78.7 Å². The quantitative estimate of drug-likeness (QED) is 0.220.